The minimum atomic E-state index is -1.27. The van der Waals surface area contributed by atoms with Crippen LogP contribution in [0.3, 0.4) is 0 Å². The van der Waals surface area contributed by atoms with Gasteiger partial charge in [0, 0.05) is 36.6 Å². The third-order valence-corrected chi connectivity index (χ3v) is 6.87. The zero-order valence-electron chi connectivity index (χ0n) is 22.5. The van der Waals surface area contributed by atoms with Gasteiger partial charge in [-0.15, -0.1) is 0 Å². The molecule has 1 aromatic heterocycles. The Kier molecular flexibility index (Phi) is 10.6. The van der Waals surface area contributed by atoms with Crippen LogP contribution in [0.5, 0.6) is 0 Å². The molecule has 4 amide bonds. The molecule has 0 spiro atoms. The minimum Gasteiger partial charge on any atom is -0.480 e. The lowest BCUT2D eigenvalue weighted by molar-refractivity contribution is -0.145. The summed E-state index contributed by atoms with van der Waals surface area (Å²) in [5.74, 6) is -4.01. The number of aliphatic carboxylic acids is 1. The van der Waals surface area contributed by atoms with Gasteiger partial charge in [-0.05, 0) is 37.3 Å². The maximum atomic E-state index is 13.8. The smallest absolute Gasteiger partial charge is 0.326 e. The summed E-state index contributed by atoms with van der Waals surface area (Å²) in [4.78, 5) is 71.2. The highest BCUT2D eigenvalue weighted by molar-refractivity contribution is 5.96. The van der Waals surface area contributed by atoms with E-state index >= 15 is 0 Å². The Morgan fingerprint density at radius 2 is 1.83 bits per heavy atom. The second-order valence-electron chi connectivity index (χ2n) is 9.94. The van der Waals surface area contributed by atoms with E-state index in [4.69, 9.17) is 22.9 Å². The fourth-order valence-corrected chi connectivity index (χ4v) is 4.84. The maximum Gasteiger partial charge on any atom is 0.326 e. The maximum absolute atomic E-state index is 13.8. The van der Waals surface area contributed by atoms with E-state index in [9.17, 15) is 29.1 Å². The highest BCUT2D eigenvalue weighted by Crippen LogP contribution is 2.23. The zero-order valence-corrected chi connectivity index (χ0v) is 22.5. The van der Waals surface area contributed by atoms with Gasteiger partial charge in [-0.25, -0.2) is 4.79 Å². The Balaban J connectivity index is 1.78. The molecule has 222 valence electrons. The van der Waals surface area contributed by atoms with E-state index in [1.165, 1.54) is 4.90 Å². The van der Waals surface area contributed by atoms with Gasteiger partial charge in [0.15, 0.2) is 5.96 Å². The lowest BCUT2D eigenvalue weighted by Crippen LogP contribution is -2.57. The first kappa shape index (κ1) is 30.9. The Morgan fingerprint density at radius 3 is 2.51 bits per heavy atom. The van der Waals surface area contributed by atoms with Gasteiger partial charge in [-0.3, -0.25) is 24.2 Å². The molecule has 0 bridgehead atoms. The van der Waals surface area contributed by atoms with Crippen LogP contribution < -0.4 is 33.6 Å². The largest absolute Gasteiger partial charge is 0.480 e. The van der Waals surface area contributed by atoms with Gasteiger partial charge in [0.25, 0.3) is 0 Å². The number of hydrogen-bond donors (Lipinski definition) is 8. The summed E-state index contributed by atoms with van der Waals surface area (Å²) in [7, 11) is 0. The van der Waals surface area contributed by atoms with Gasteiger partial charge in [0.05, 0.1) is 12.5 Å². The van der Waals surface area contributed by atoms with E-state index in [0.717, 1.165) is 16.5 Å². The first-order valence-corrected chi connectivity index (χ1v) is 13.3. The summed E-state index contributed by atoms with van der Waals surface area (Å²) in [5, 5.41) is 15.6. The molecule has 1 aliphatic rings. The number of likely N-dealkylation sites (tertiary alicyclic amines) is 1. The van der Waals surface area contributed by atoms with Crippen molar-refractivity contribution in [3.05, 3.63) is 36.0 Å². The number of carboxylic acids is 1. The summed E-state index contributed by atoms with van der Waals surface area (Å²) >= 11 is 0. The van der Waals surface area contributed by atoms with Crippen LogP contribution in [-0.2, 0) is 30.4 Å². The first-order valence-electron chi connectivity index (χ1n) is 13.3. The monoisotopic (exact) mass is 571 g/mol. The normalized spacial score (nSPS) is 16.9. The molecule has 15 nitrogen and oxygen atoms in total. The van der Waals surface area contributed by atoms with Gasteiger partial charge in [0.1, 0.15) is 18.1 Å². The number of benzene rings is 1. The van der Waals surface area contributed by atoms with E-state index in [2.05, 4.69) is 20.6 Å². The van der Waals surface area contributed by atoms with Crippen molar-refractivity contribution in [2.24, 2.45) is 27.9 Å². The molecule has 1 fully saturated rings. The molecular weight excluding hydrogens is 534 g/mol. The second-order valence-corrected chi connectivity index (χ2v) is 9.94. The molecule has 2 heterocycles. The number of nitrogens with two attached hydrogens (primary N) is 4. The minimum absolute atomic E-state index is 0.0747. The summed E-state index contributed by atoms with van der Waals surface area (Å²) in [6.45, 7) is 0.426. The topological polar surface area (TPSA) is 265 Å². The fraction of sp³-hybridized carbons (Fsp3) is 0.462. The molecular formula is C26H37N9O6. The number of primary amides is 1. The van der Waals surface area contributed by atoms with Crippen molar-refractivity contribution in [1.82, 2.24) is 20.5 Å². The molecule has 0 aliphatic carbocycles. The summed E-state index contributed by atoms with van der Waals surface area (Å²) in [6.07, 6.45) is 2.60. The van der Waals surface area contributed by atoms with Crippen LogP contribution in [0.25, 0.3) is 10.9 Å². The molecule has 3 rings (SSSR count). The zero-order chi connectivity index (χ0) is 30.1. The predicted molar refractivity (Wildman–Crippen MR) is 150 cm³/mol. The number of rotatable bonds is 14. The highest BCUT2D eigenvalue weighted by atomic mass is 16.4. The lowest BCUT2D eigenvalue weighted by atomic mass is 10.0. The summed E-state index contributed by atoms with van der Waals surface area (Å²) in [6, 6.07) is 2.90. The Hall–Kier alpha value is -4.66. The molecule has 4 unspecified atom stereocenters. The van der Waals surface area contributed by atoms with Crippen LogP contribution in [0.1, 0.15) is 37.7 Å². The number of aromatic amines is 1. The van der Waals surface area contributed by atoms with Crippen LogP contribution in [-0.4, -0.2) is 87.8 Å². The lowest BCUT2D eigenvalue weighted by Gasteiger charge is -2.30. The fourth-order valence-electron chi connectivity index (χ4n) is 4.84. The van der Waals surface area contributed by atoms with E-state index in [0.29, 0.717) is 19.3 Å². The quantitative estimate of drug-likeness (QED) is 0.0707. The molecule has 1 aliphatic heterocycles. The van der Waals surface area contributed by atoms with E-state index < -0.39 is 60.2 Å². The van der Waals surface area contributed by atoms with Crippen molar-refractivity contribution in [1.29, 1.82) is 0 Å². The van der Waals surface area contributed by atoms with Gasteiger partial charge in [-0.1, -0.05) is 18.2 Å². The summed E-state index contributed by atoms with van der Waals surface area (Å²) < 4.78 is 0. The molecule has 41 heavy (non-hydrogen) atoms. The molecule has 2 aromatic rings. The molecule has 1 aromatic carbocycles. The van der Waals surface area contributed by atoms with Gasteiger partial charge < -0.3 is 48.6 Å². The molecule has 1 saturated heterocycles. The van der Waals surface area contributed by atoms with E-state index in [-0.39, 0.29) is 31.9 Å². The third kappa shape index (κ3) is 8.41. The van der Waals surface area contributed by atoms with Crippen molar-refractivity contribution in [3.8, 4) is 0 Å². The Morgan fingerprint density at radius 1 is 1.10 bits per heavy atom. The Bertz CT molecular complexity index is 1310. The SMILES string of the molecule is NC(=O)CC(N)C(=O)NC(Cc1c[nH]c2ccccc12)C(=O)N1CCCC1C(=O)NC(CCCN=C(N)N)C(=O)O. The number of carboxylic acid groups (broad SMARTS) is 1. The van der Waals surface area contributed by atoms with Crippen molar-refractivity contribution in [2.45, 2.75) is 62.7 Å². The number of fused-ring (bicyclic) bond motifs is 1. The average Bonchev–Trinajstić information content (AvgIpc) is 3.56. The van der Waals surface area contributed by atoms with Gasteiger partial charge in [-0.2, -0.15) is 0 Å². The van der Waals surface area contributed by atoms with Crippen molar-refractivity contribution < 1.29 is 29.1 Å². The van der Waals surface area contributed by atoms with E-state index in [1.807, 2.05) is 24.3 Å². The molecule has 4 atom stereocenters. The standard InChI is InChI=1S/C26H37N9O6/c27-16(12-21(28)36)22(37)34-19(11-14-13-32-17-6-2-1-5-15(14)17)24(39)35-10-4-8-20(35)23(38)33-18(25(40)41)7-3-9-31-26(29)30/h1-2,5-6,13,16,18-20,32H,3-4,7-12,27H2,(H2,28,36)(H,33,38)(H,34,37)(H,40,41)(H4,29,30,31). The van der Waals surface area contributed by atoms with Crippen LogP contribution in [0, 0.1) is 0 Å². The number of aromatic nitrogens is 1. The number of hydrogen-bond acceptors (Lipinski definition) is 7. The number of nitrogens with one attached hydrogen (secondary N) is 3. The predicted octanol–water partition coefficient (Wildman–Crippen LogP) is -1.99. The van der Waals surface area contributed by atoms with Gasteiger partial charge in [0.2, 0.25) is 23.6 Å². The number of nitrogens with zero attached hydrogens (tertiary/aromatic N) is 2. The van der Waals surface area contributed by atoms with E-state index in [1.54, 1.807) is 6.20 Å². The first-order chi connectivity index (χ1) is 19.5. The van der Waals surface area contributed by atoms with Crippen molar-refractivity contribution in [3.63, 3.8) is 0 Å². The number of para-hydroxylation sites is 1. The molecule has 0 radical (unpaired) electrons. The molecule has 12 N–H and O–H groups in total. The molecule has 0 saturated carbocycles. The Labute approximate surface area is 236 Å². The van der Waals surface area contributed by atoms with Crippen LogP contribution in [0.15, 0.2) is 35.5 Å². The number of carbonyl (C=O) groups excluding carboxylic acids is 4. The highest BCUT2D eigenvalue weighted by Gasteiger charge is 2.39. The van der Waals surface area contributed by atoms with Crippen LogP contribution in [0.2, 0.25) is 0 Å². The number of carbonyl (C=O) groups is 5. The number of guanidine groups is 1. The van der Waals surface area contributed by atoms with Crippen molar-refractivity contribution in [2.75, 3.05) is 13.1 Å². The number of H-pyrrole nitrogens is 1. The molecule has 15 heteroatoms. The average molecular weight is 572 g/mol. The van der Waals surface area contributed by atoms with Crippen LogP contribution in [0.4, 0.5) is 0 Å². The summed E-state index contributed by atoms with van der Waals surface area (Å²) in [5.41, 5.74) is 23.2. The number of aliphatic imine (C=N–C) groups is 1. The third-order valence-electron chi connectivity index (χ3n) is 6.87. The van der Waals surface area contributed by atoms with Gasteiger partial charge >= 0.3 is 5.97 Å². The number of amides is 4. The van der Waals surface area contributed by atoms with Crippen LogP contribution >= 0.6 is 0 Å². The second kappa shape index (κ2) is 14.1. The van der Waals surface area contributed by atoms with Crippen molar-refractivity contribution >= 4 is 46.5 Å².